The van der Waals surface area contributed by atoms with E-state index < -0.39 is 17.0 Å². The van der Waals surface area contributed by atoms with Crippen molar-refractivity contribution in [1.29, 1.82) is 0 Å². The van der Waals surface area contributed by atoms with Gasteiger partial charge in [-0.2, -0.15) is 0 Å². The molecular weight excluding hydrogens is 472 g/mol. The molecule has 1 heterocycles. The van der Waals surface area contributed by atoms with E-state index in [1.165, 1.54) is 18.2 Å². The molecule has 0 unspecified atom stereocenters. The molecule has 0 saturated carbocycles. The maximum absolute atomic E-state index is 14.1. The summed E-state index contributed by atoms with van der Waals surface area (Å²) in [5, 5.41) is 0.301. The average Bonchev–Trinajstić information content (AvgIpc) is 3.03. The van der Waals surface area contributed by atoms with Crippen LogP contribution in [0.1, 0.15) is 16.7 Å². The topological polar surface area (TPSA) is 46.6 Å². The molecule has 1 saturated heterocycles. The molecule has 4 nitrogen and oxygen atoms in total. The highest BCUT2D eigenvalue weighted by atomic mass is 35.5. The Morgan fingerprint density at radius 2 is 1.72 bits per heavy atom. The minimum Gasteiger partial charge on any atom is -0.489 e. The highest BCUT2D eigenvalue weighted by molar-refractivity contribution is 8.18. The van der Waals surface area contributed by atoms with Crippen LogP contribution in [-0.2, 0) is 17.9 Å². The van der Waals surface area contributed by atoms with Gasteiger partial charge in [0.05, 0.1) is 11.4 Å². The Morgan fingerprint density at radius 1 is 0.969 bits per heavy atom. The van der Waals surface area contributed by atoms with Crippen molar-refractivity contribution in [2.75, 3.05) is 0 Å². The van der Waals surface area contributed by atoms with Crippen LogP contribution < -0.4 is 4.74 Å². The predicted octanol–water partition coefficient (Wildman–Crippen LogP) is 6.95. The van der Waals surface area contributed by atoms with Crippen molar-refractivity contribution in [3.63, 3.8) is 0 Å². The normalized spacial score (nSPS) is 15.0. The lowest BCUT2D eigenvalue weighted by atomic mass is 10.1. The van der Waals surface area contributed by atoms with Gasteiger partial charge < -0.3 is 4.74 Å². The van der Waals surface area contributed by atoms with Crippen molar-refractivity contribution in [2.24, 2.45) is 0 Å². The fraction of sp³-hybridized carbons (Fsp3) is 0.0833. The summed E-state index contributed by atoms with van der Waals surface area (Å²) in [4.78, 5) is 26.4. The van der Waals surface area contributed by atoms with Crippen LogP contribution in [0.2, 0.25) is 10.0 Å². The van der Waals surface area contributed by atoms with Gasteiger partial charge in [0, 0.05) is 21.2 Å². The zero-order chi connectivity index (χ0) is 22.7. The van der Waals surface area contributed by atoms with Crippen LogP contribution in [0.25, 0.3) is 6.08 Å². The molecule has 0 spiro atoms. The van der Waals surface area contributed by atoms with Gasteiger partial charge in [0.25, 0.3) is 11.1 Å². The molecule has 32 heavy (non-hydrogen) atoms. The molecular formula is C24H16Cl2FNO3S. The summed E-state index contributed by atoms with van der Waals surface area (Å²) in [7, 11) is 0. The molecule has 0 radical (unpaired) electrons. The highest BCUT2D eigenvalue weighted by Gasteiger charge is 2.35. The number of halogens is 3. The van der Waals surface area contributed by atoms with E-state index in [-0.39, 0.29) is 22.0 Å². The lowest BCUT2D eigenvalue weighted by Gasteiger charge is -2.14. The number of benzene rings is 3. The summed E-state index contributed by atoms with van der Waals surface area (Å²) >= 11 is 13.0. The summed E-state index contributed by atoms with van der Waals surface area (Å²) in [6.45, 7) is 0.0670. The van der Waals surface area contributed by atoms with Crippen LogP contribution in [0.15, 0.2) is 71.6 Å². The van der Waals surface area contributed by atoms with E-state index in [0.29, 0.717) is 22.9 Å². The maximum Gasteiger partial charge on any atom is 0.293 e. The van der Waals surface area contributed by atoms with Gasteiger partial charge in [-0.15, -0.1) is 0 Å². The Hall–Kier alpha value is -2.80. The van der Waals surface area contributed by atoms with E-state index in [0.717, 1.165) is 22.2 Å². The van der Waals surface area contributed by atoms with Crippen molar-refractivity contribution in [3.8, 4) is 5.75 Å². The molecule has 0 N–H and O–H groups in total. The van der Waals surface area contributed by atoms with Crippen molar-refractivity contribution in [1.82, 2.24) is 4.90 Å². The van der Waals surface area contributed by atoms with Gasteiger partial charge in [-0.3, -0.25) is 14.5 Å². The number of thioether (sulfide) groups is 1. The molecule has 162 valence electrons. The first-order valence-corrected chi connectivity index (χ1v) is 11.1. The molecule has 4 rings (SSSR count). The number of carbonyl (C=O) groups is 2. The van der Waals surface area contributed by atoms with Crippen LogP contribution >= 0.6 is 35.0 Å². The van der Waals surface area contributed by atoms with Gasteiger partial charge in [-0.1, -0.05) is 59.6 Å². The monoisotopic (exact) mass is 487 g/mol. The molecule has 0 aliphatic carbocycles. The molecule has 3 aromatic rings. The van der Waals surface area contributed by atoms with Gasteiger partial charge in [0.1, 0.15) is 18.2 Å². The highest BCUT2D eigenvalue weighted by Crippen LogP contribution is 2.35. The van der Waals surface area contributed by atoms with Gasteiger partial charge >= 0.3 is 0 Å². The Bertz CT molecular complexity index is 1210. The largest absolute Gasteiger partial charge is 0.489 e. The SMILES string of the molecule is O=C1S/C(=C\c2cccc(OCc3ccccc3Cl)c2)C(=O)N1Cc1c(F)cccc1Cl. The van der Waals surface area contributed by atoms with Crippen molar-refractivity contribution >= 4 is 52.2 Å². The fourth-order valence-electron chi connectivity index (χ4n) is 3.10. The van der Waals surface area contributed by atoms with E-state index in [1.54, 1.807) is 36.4 Å². The van der Waals surface area contributed by atoms with Crippen molar-refractivity contribution in [3.05, 3.63) is 104 Å². The minimum atomic E-state index is -0.566. The van der Waals surface area contributed by atoms with Crippen LogP contribution in [0.3, 0.4) is 0 Å². The second-order valence-electron chi connectivity index (χ2n) is 6.92. The van der Waals surface area contributed by atoms with E-state index in [9.17, 15) is 14.0 Å². The van der Waals surface area contributed by atoms with Crippen molar-refractivity contribution < 1.29 is 18.7 Å². The number of carbonyl (C=O) groups excluding carboxylic acids is 2. The summed E-state index contributed by atoms with van der Waals surface area (Å²) in [5.41, 5.74) is 1.65. The molecule has 3 aromatic carbocycles. The number of imide groups is 1. The number of amides is 2. The number of hydrogen-bond donors (Lipinski definition) is 0. The maximum atomic E-state index is 14.1. The van der Waals surface area contributed by atoms with E-state index in [2.05, 4.69) is 0 Å². The van der Waals surface area contributed by atoms with Crippen molar-refractivity contribution in [2.45, 2.75) is 13.2 Å². The van der Waals surface area contributed by atoms with Crippen LogP contribution in [-0.4, -0.2) is 16.0 Å². The average molecular weight is 488 g/mol. The number of hydrogen-bond acceptors (Lipinski definition) is 4. The quantitative estimate of drug-likeness (QED) is 0.353. The van der Waals surface area contributed by atoms with Crippen LogP contribution in [0, 0.1) is 5.82 Å². The van der Waals surface area contributed by atoms with E-state index >= 15 is 0 Å². The zero-order valence-corrected chi connectivity index (χ0v) is 18.9. The third kappa shape index (κ3) is 4.99. The number of rotatable bonds is 6. The molecule has 8 heteroatoms. The first-order valence-electron chi connectivity index (χ1n) is 9.57. The minimum absolute atomic E-state index is 0.104. The first kappa shape index (κ1) is 22.4. The molecule has 0 bridgehead atoms. The standard InChI is InChI=1S/C24H16Cl2FNO3S/c25-19-8-2-1-6-16(19)14-31-17-7-3-5-15(11-17)12-22-23(29)28(24(30)32-22)13-18-20(26)9-4-10-21(18)27/h1-12H,13-14H2/b22-12-. The van der Waals surface area contributed by atoms with E-state index in [1.807, 2.05) is 18.2 Å². The van der Waals surface area contributed by atoms with Gasteiger partial charge in [0.2, 0.25) is 0 Å². The lowest BCUT2D eigenvalue weighted by molar-refractivity contribution is -0.123. The fourth-order valence-corrected chi connectivity index (χ4v) is 4.35. The second-order valence-corrected chi connectivity index (χ2v) is 8.73. The van der Waals surface area contributed by atoms with Gasteiger partial charge in [-0.05, 0) is 53.7 Å². The summed E-state index contributed by atoms with van der Waals surface area (Å²) < 4.78 is 19.9. The second kappa shape index (κ2) is 9.77. The van der Waals surface area contributed by atoms with Gasteiger partial charge in [-0.25, -0.2) is 4.39 Å². The molecule has 2 amide bonds. The first-order chi connectivity index (χ1) is 15.4. The zero-order valence-electron chi connectivity index (χ0n) is 16.6. The smallest absolute Gasteiger partial charge is 0.293 e. The third-order valence-electron chi connectivity index (χ3n) is 4.76. The van der Waals surface area contributed by atoms with Gasteiger partial charge in [0.15, 0.2) is 0 Å². The molecule has 1 aliphatic rings. The lowest BCUT2D eigenvalue weighted by Crippen LogP contribution is -2.28. The number of ether oxygens (including phenoxy) is 1. The third-order valence-corrected chi connectivity index (χ3v) is 6.39. The van der Waals surface area contributed by atoms with Crippen LogP contribution in [0.5, 0.6) is 5.75 Å². The van der Waals surface area contributed by atoms with Crippen LogP contribution in [0.4, 0.5) is 9.18 Å². The molecule has 0 atom stereocenters. The number of nitrogens with zero attached hydrogens (tertiary/aromatic N) is 1. The molecule has 0 aromatic heterocycles. The summed E-state index contributed by atoms with van der Waals surface area (Å²) in [5.74, 6) is -0.471. The summed E-state index contributed by atoms with van der Waals surface area (Å²) in [6.07, 6.45) is 1.61. The Morgan fingerprint density at radius 3 is 2.50 bits per heavy atom. The molecule has 1 aliphatic heterocycles. The molecule has 1 fully saturated rings. The van der Waals surface area contributed by atoms with E-state index in [4.69, 9.17) is 27.9 Å². The Balaban J connectivity index is 1.49. The Kier molecular flexibility index (Phi) is 6.84. The summed E-state index contributed by atoms with van der Waals surface area (Å²) in [6, 6.07) is 18.8. The Labute approximate surface area is 198 Å². The predicted molar refractivity (Wildman–Crippen MR) is 125 cm³/mol.